The number of rotatable bonds is 4. The van der Waals surface area contributed by atoms with Crippen molar-refractivity contribution < 1.29 is 9.59 Å². The number of aromatic nitrogens is 1. The Hall–Kier alpha value is -2.11. The minimum absolute atomic E-state index is 0.0868. The number of pyridine rings is 1. The van der Waals surface area contributed by atoms with Crippen LogP contribution in [0.4, 0.5) is 4.79 Å². The van der Waals surface area contributed by atoms with E-state index < -0.39 is 0 Å². The molecule has 140 valence electrons. The van der Waals surface area contributed by atoms with E-state index in [1.807, 2.05) is 26.0 Å². The van der Waals surface area contributed by atoms with E-state index in [1.54, 1.807) is 6.07 Å². The van der Waals surface area contributed by atoms with Gasteiger partial charge in [0.05, 0.1) is 0 Å². The average Bonchev–Trinajstić information content (AvgIpc) is 2.52. The lowest BCUT2D eigenvalue weighted by Gasteiger charge is -2.62. The van der Waals surface area contributed by atoms with E-state index in [0.717, 1.165) is 37.8 Å². The number of nitrogens with one attached hydrogen (secondary N) is 3. The maximum atomic E-state index is 12.8. The van der Waals surface area contributed by atoms with Crippen molar-refractivity contribution in [2.45, 2.75) is 63.5 Å². The number of urea groups is 1. The van der Waals surface area contributed by atoms with Gasteiger partial charge >= 0.3 is 6.03 Å². The number of carbonyl (C=O) groups is 2. The van der Waals surface area contributed by atoms with Crippen LogP contribution >= 0.6 is 0 Å². The largest absolute Gasteiger partial charge is 0.345 e. The summed E-state index contributed by atoms with van der Waals surface area (Å²) in [6.45, 7) is 4.44. The summed E-state index contributed by atoms with van der Waals surface area (Å²) in [6, 6.07) is 5.45. The van der Waals surface area contributed by atoms with Crippen molar-refractivity contribution in [3.05, 3.63) is 29.6 Å². The van der Waals surface area contributed by atoms with E-state index >= 15 is 0 Å². The quantitative estimate of drug-likeness (QED) is 0.775. The summed E-state index contributed by atoms with van der Waals surface area (Å²) in [4.78, 5) is 29.4. The van der Waals surface area contributed by atoms with Gasteiger partial charge in [-0.25, -0.2) is 9.78 Å². The van der Waals surface area contributed by atoms with Crippen molar-refractivity contribution >= 4 is 11.9 Å². The molecule has 1 heterocycles. The van der Waals surface area contributed by atoms with Gasteiger partial charge < -0.3 is 16.0 Å². The molecule has 0 spiro atoms. The van der Waals surface area contributed by atoms with Gasteiger partial charge in [0, 0.05) is 23.3 Å². The minimum Gasteiger partial charge on any atom is -0.345 e. The molecule has 26 heavy (non-hydrogen) atoms. The highest BCUT2D eigenvalue weighted by Gasteiger charge is 2.58. The summed E-state index contributed by atoms with van der Waals surface area (Å²) in [5, 5.41) is 9.44. The molecule has 4 aliphatic rings. The molecule has 5 rings (SSSR count). The molecule has 3 N–H and O–H groups in total. The zero-order chi connectivity index (χ0) is 18.4. The van der Waals surface area contributed by atoms with Crippen LogP contribution in [0, 0.1) is 18.8 Å². The summed E-state index contributed by atoms with van der Waals surface area (Å²) in [5.41, 5.74) is 0.923. The van der Waals surface area contributed by atoms with Crippen LogP contribution < -0.4 is 16.0 Å². The lowest BCUT2D eigenvalue weighted by atomic mass is 9.50. The number of nitrogens with zero attached hydrogens (tertiary/aromatic N) is 1. The van der Waals surface area contributed by atoms with Crippen LogP contribution in [0.15, 0.2) is 18.2 Å². The molecule has 6 nitrogen and oxygen atoms in total. The Balaban J connectivity index is 1.54. The zero-order valence-electron chi connectivity index (χ0n) is 15.6. The van der Waals surface area contributed by atoms with Gasteiger partial charge in [0.1, 0.15) is 5.69 Å². The third kappa shape index (κ3) is 3.17. The highest BCUT2D eigenvalue weighted by molar-refractivity contribution is 5.92. The van der Waals surface area contributed by atoms with E-state index in [4.69, 9.17) is 0 Å². The van der Waals surface area contributed by atoms with Gasteiger partial charge in [0.2, 0.25) is 0 Å². The Morgan fingerprint density at radius 2 is 1.77 bits per heavy atom. The molecule has 0 saturated heterocycles. The van der Waals surface area contributed by atoms with Crippen LogP contribution in [-0.2, 0) is 0 Å². The number of aryl methyl sites for hydroxylation is 1. The third-order valence-electron chi connectivity index (χ3n) is 6.28. The topological polar surface area (TPSA) is 83.1 Å². The monoisotopic (exact) mass is 356 g/mol. The molecular formula is C20H28N4O2. The summed E-state index contributed by atoms with van der Waals surface area (Å²) < 4.78 is 0. The molecule has 1 aromatic rings. The smallest absolute Gasteiger partial charge is 0.315 e. The van der Waals surface area contributed by atoms with Gasteiger partial charge in [0.15, 0.2) is 0 Å². The molecule has 0 aliphatic heterocycles. The van der Waals surface area contributed by atoms with E-state index in [1.165, 1.54) is 6.42 Å². The summed E-state index contributed by atoms with van der Waals surface area (Å²) in [5.74, 6) is 1.05. The molecule has 1 aromatic heterocycles. The van der Waals surface area contributed by atoms with Gasteiger partial charge in [-0.2, -0.15) is 0 Å². The second-order valence-corrected chi connectivity index (χ2v) is 8.62. The molecule has 6 heteroatoms. The van der Waals surface area contributed by atoms with Crippen molar-refractivity contribution in [3.8, 4) is 0 Å². The van der Waals surface area contributed by atoms with E-state index in [0.29, 0.717) is 24.1 Å². The lowest BCUT2D eigenvalue weighted by Crippen LogP contribution is -2.70. The molecule has 2 unspecified atom stereocenters. The first kappa shape index (κ1) is 17.3. The SMILES string of the molecule is CCNC(=O)NC12CC3CC(C1)CC(NC(=O)c1cccc(C)n1)(C3)C2. The lowest BCUT2D eigenvalue weighted by molar-refractivity contribution is -0.0431. The zero-order valence-corrected chi connectivity index (χ0v) is 15.6. The van der Waals surface area contributed by atoms with Gasteiger partial charge in [0.25, 0.3) is 5.91 Å². The molecule has 0 aromatic carbocycles. The van der Waals surface area contributed by atoms with Crippen molar-refractivity contribution in [1.29, 1.82) is 0 Å². The van der Waals surface area contributed by atoms with Crippen molar-refractivity contribution in [2.24, 2.45) is 11.8 Å². The standard InChI is InChI=1S/C20H28N4O2/c1-3-21-18(26)24-20-10-14-7-15(11-20)9-19(8-14,12-20)23-17(25)16-6-4-5-13(2)22-16/h4-6,14-15H,3,7-12H2,1-2H3,(H,23,25)(H2,21,24,26). The minimum atomic E-state index is -0.216. The van der Waals surface area contributed by atoms with Crippen LogP contribution in [0.3, 0.4) is 0 Å². The van der Waals surface area contributed by atoms with Crippen molar-refractivity contribution in [2.75, 3.05) is 6.54 Å². The highest BCUT2D eigenvalue weighted by Crippen LogP contribution is 2.57. The number of hydrogen-bond donors (Lipinski definition) is 3. The molecule has 0 radical (unpaired) electrons. The molecular weight excluding hydrogens is 328 g/mol. The number of carbonyl (C=O) groups excluding carboxylic acids is 2. The molecule has 2 atom stereocenters. The highest BCUT2D eigenvalue weighted by atomic mass is 16.2. The van der Waals surface area contributed by atoms with Crippen LogP contribution in [0.1, 0.15) is 61.6 Å². The fraction of sp³-hybridized carbons (Fsp3) is 0.650. The third-order valence-corrected chi connectivity index (χ3v) is 6.28. The van der Waals surface area contributed by atoms with Crippen molar-refractivity contribution in [3.63, 3.8) is 0 Å². The second kappa shape index (κ2) is 6.25. The molecule has 4 saturated carbocycles. The molecule has 3 amide bonds. The number of amides is 3. The van der Waals surface area contributed by atoms with Gasteiger partial charge in [-0.15, -0.1) is 0 Å². The fourth-order valence-corrected chi connectivity index (χ4v) is 5.97. The first-order valence-corrected chi connectivity index (χ1v) is 9.73. The Labute approximate surface area is 154 Å². The second-order valence-electron chi connectivity index (χ2n) is 8.62. The van der Waals surface area contributed by atoms with E-state index in [2.05, 4.69) is 20.9 Å². The van der Waals surface area contributed by atoms with E-state index in [9.17, 15) is 9.59 Å². The van der Waals surface area contributed by atoms with E-state index in [-0.39, 0.29) is 23.0 Å². The van der Waals surface area contributed by atoms with Crippen LogP contribution in [0.5, 0.6) is 0 Å². The Morgan fingerprint density at radius 1 is 1.12 bits per heavy atom. The van der Waals surface area contributed by atoms with Crippen molar-refractivity contribution in [1.82, 2.24) is 20.9 Å². The average molecular weight is 356 g/mol. The summed E-state index contributed by atoms with van der Waals surface area (Å²) in [7, 11) is 0. The maximum absolute atomic E-state index is 12.8. The van der Waals surface area contributed by atoms with Gasteiger partial charge in [-0.3, -0.25) is 4.79 Å². The summed E-state index contributed by atoms with van der Waals surface area (Å²) >= 11 is 0. The maximum Gasteiger partial charge on any atom is 0.315 e. The summed E-state index contributed by atoms with van der Waals surface area (Å²) in [6.07, 6.45) is 6.13. The fourth-order valence-electron chi connectivity index (χ4n) is 5.97. The Bertz CT molecular complexity index is 718. The molecule has 4 bridgehead atoms. The number of hydrogen-bond acceptors (Lipinski definition) is 3. The Morgan fingerprint density at radius 3 is 2.38 bits per heavy atom. The van der Waals surface area contributed by atoms with Crippen LogP contribution in [-0.4, -0.2) is 34.5 Å². The predicted octanol–water partition coefficient (Wildman–Crippen LogP) is 2.53. The van der Waals surface area contributed by atoms with Gasteiger partial charge in [-0.05, 0) is 76.3 Å². The van der Waals surface area contributed by atoms with Gasteiger partial charge in [-0.1, -0.05) is 6.07 Å². The first-order chi connectivity index (χ1) is 12.4. The van der Waals surface area contributed by atoms with Crippen LogP contribution in [0.2, 0.25) is 0 Å². The predicted molar refractivity (Wildman–Crippen MR) is 98.8 cm³/mol. The first-order valence-electron chi connectivity index (χ1n) is 9.73. The normalized spacial score (nSPS) is 34.4. The van der Waals surface area contributed by atoms with Crippen LogP contribution in [0.25, 0.3) is 0 Å². The molecule has 4 aliphatic carbocycles. The molecule has 4 fully saturated rings. The Kier molecular flexibility index (Phi) is 4.16.